The third kappa shape index (κ3) is 4.41. The first-order valence-corrected chi connectivity index (χ1v) is 7.17. The normalized spacial score (nSPS) is 10.5. The summed E-state index contributed by atoms with van der Waals surface area (Å²) in [7, 11) is 0. The molecule has 0 radical (unpaired) electrons. The van der Waals surface area contributed by atoms with Gasteiger partial charge in [-0.3, -0.25) is 9.63 Å². The van der Waals surface area contributed by atoms with Crippen molar-refractivity contribution in [2.24, 2.45) is 5.90 Å². The molecule has 0 atom stereocenters. The highest BCUT2D eigenvalue weighted by Crippen LogP contribution is 2.17. The summed E-state index contributed by atoms with van der Waals surface area (Å²) in [5.41, 5.74) is 3.28. The molecule has 0 bridgehead atoms. The number of thiazole rings is 1. The van der Waals surface area contributed by atoms with E-state index in [4.69, 9.17) is 5.90 Å². The number of carbonyl (C=O) groups excluding carboxylic acids is 1. The van der Waals surface area contributed by atoms with Crippen LogP contribution in [0.5, 0.6) is 0 Å². The number of nitrogens with zero attached hydrogens (tertiary/aromatic N) is 1. The van der Waals surface area contributed by atoms with Crippen molar-refractivity contribution in [2.75, 3.05) is 5.32 Å². The lowest BCUT2D eigenvalue weighted by molar-refractivity contribution is -0.114. The minimum Gasteiger partial charge on any atom is -0.302 e. The van der Waals surface area contributed by atoms with Crippen LogP contribution in [0.3, 0.4) is 0 Å². The minimum atomic E-state index is -0.0939. The minimum absolute atomic E-state index is 0.0939. The van der Waals surface area contributed by atoms with Crippen molar-refractivity contribution in [1.82, 2.24) is 4.98 Å². The largest absolute Gasteiger partial charge is 0.302 e. The van der Waals surface area contributed by atoms with Crippen molar-refractivity contribution < 1.29 is 9.63 Å². The fourth-order valence-electron chi connectivity index (χ4n) is 1.80. The molecule has 0 aliphatic rings. The molecule has 1 amide bonds. The van der Waals surface area contributed by atoms with E-state index in [0.717, 1.165) is 24.1 Å². The summed E-state index contributed by atoms with van der Waals surface area (Å²) in [5, 5.41) is 5.32. The van der Waals surface area contributed by atoms with Crippen LogP contribution in [0.4, 0.5) is 5.13 Å². The number of carbonyl (C=O) groups is 1. The first kappa shape index (κ1) is 14.6. The Bertz CT molecular complexity index is 566. The second-order valence-electron chi connectivity index (χ2n) is 4.45. The fourth-order valence-corrected chi connectivity index (χ4v) is 2.59. The molecule has 2 rings (SSSR count). The Balaban J connectivity index is 1.88. The van der Waals surface area contributed by atoms with Gasteiger partial charge in [0.15, 0.2) is 5.13 Å². The molecule has 0 spiro atoms. The number of benzene rings is 1. The Labute approximate surface area is 121 Å². The predicted octanol–water partition coefficient (Wildman–Crippen LogP) is 2.28. The Morgan fingerprint density at radius 2 is 2.00 bits per heavy atom. The fraction of sp³-hybridized carbons (Fsp3) is 0.286. The quantitative estimate of drug-likeness (QED) is 0.800. The van der Waals surface area contributed by atoms with E-state index in [9.17, 15) is 4.79 Å². The van der Waals surface area contributed by atoms with Crippen LogP contribution in [0, 0.1) is 0 Å². The number of aromatic nitrogens is 1. The van der Waals surface area contributed by atoms with Gasteiger partial charge < -0.3 is 5.32 Å². The van der Waals surface area contributed by atoms with Crippen LogP contribution in [0.2, 0.25) is 0 Å². The number of amides is 1. The average Bonchev–Trinajstić information content (AvgIpc) is 2.85. The van der Waals surface area contributed by atoms with Gasteiger partial charge in [0.25, 0.3) is 0 Å². The lowest BCUT2D eigenvalue weighted by Crippen LogP contribution is -2.05. The van der Waals surface area contributed by atoms with Gasteiger partial charge in [0.2, 0.25) is 5.91 Å². The first-order valence-electron chi connectivity index (χ1n) is 6.29. The highest BCUT2D eigenvalue weighted by molar-refractivity contribution is 7.13. The van der Waals surface area contributed by atoms with Crippen LogP contribution in [0.1, 0.15) is 23.7 Å². The molecule has 0 aliphatic carbocycles. The molecule has 1 heterocycles. The zero-order chi connectivity index (χ0) is 14.4. The van der Waals surface area contributed by atoms with Gasteiger partial charge in [-0.25, -0.2) is 10.9 Å². The molecule has 6 heteroatoms. The molecular formula is C14H17N3O2S. The molecule has 0 aliphatic heterocycles. The number of nitrogens with two attached hydrogens (primary N) is 1. The zero-order valence-corrected chi connectivity index (χ0v) is 12.1. The van der Waals surface area contributed by atoms with Crippen molar-refractivity contribution in [3.8, 4) is 0 Å². The van der Waals surface area contributed by atoms with Crippen LogP contribution >= 0.6 is 11.3 Å². The van der Waals surface area contributed by atoms with Crippen LogP contribution in [0.15, 0.2) is 29.6 Å². The number of hydrogen-bond acceptors (Lipinski definition) is 5. The van der Waals surface area contributed by atoms with Gasteiger partial charge in [-0.2, -0.15) is 0 Å². The van der Waals surface area contributed by atoms with Gasteiger partial charge >= 0.3 is 0 Å². The monoisotopic (exact) mass is 291 g/mol. The van der Waals surface area contributed by atoms with E-state index in [-0.39, 0.29) is 5.91 Å². The summed E-state index contributed by atoms with van der Waals surface area (Å²) in [6.07, 6.45) is 1.76. The van der Waals surface area contributed by atoms with Crippen molar-refractivity contribution in [1.29, 1.82) is 0 Å². The average molecular weight is 291 g/mol. The number of anilines is 1. The van der Waals surface area contributed by atoms with E-state index in [0.29, 0.717) is 11.7 Å². The highest BCUT2D eigenvalue weighted by Gasteiger charge is 2.04. The maximum atomic E-state index is 10.9. The summed E-state index contributed by atoms with van der Waals surface area (Å²) in [5.74, 6) is 4.94. The van der Waals surface area contributed by atoms with E-state index in [1.54, 1.807) is 0 Å². The third-order valence-electron chi connectivity index (χ3n) is 2.78. The molecule has 1 aromatic carbocycles. The van der Waals surface area contributed by atoms with E-state index >= 15 is 0 Å². The molecule has 20 heavy (non-hydrogen) atoms. The van der Waals surface area contributed by atoms with Gasteiger partial charge in [0, 0.05) is 12.3 Å². The van der Waals surface area contributed by atoms with Crippen molar-refractivity contribution >= 4 is 22.4 Å². The maximum absolute atomic E-state index is 10.9. The maximum Gasteiger partial charge on any atom is 0.223 e. The number of nitrogens with one attached hydrogen (secondary N) is 1. The van der Waals surface area contributed by atoms with Crippen LogP contribution in [0.25, 0.3) is 0 Å². The lowest BCUT2D eigenvalue weighted by atomic mass is 10.1. The van der Waals surface area contributed by atoms with Crippen LogP contribution < -0.4 is 11.2 Å². The standard InChI is InChI=1S/C14H17N3O2S/c1-10(18)16-14-17-13(9-20-14)7-6-11-2-4-12(5-3-11)8-19-15/h2-5,9H,6-8,15H2,1H3,(H,16,17,18). The molecule has 5 nitrogen and oxygen atoms in total. The molecule has 106 valence electrons. The molecule has 0 saturated carbocycles. The summed E-state index contributed by atoms with van der Waals surface area (Å²) in [4.78, 5) is 19.9. The smallest absolute Gasteiger partial charge is 0.223 e. The summed E-state index contributed by atoms with van der Waals surface area (Å²) in [6.45, 7) is 1.90. The van der Waals surface area contributed by atoms with Gasteiger partial charge in [-0.1, -0.05) is 24.3 Å². The Kier molecular flexibility index (Phi) is 5.23. The van der Waals surface area contributed by atoms with Crippen molar-refractivity contribution in [2.45, 2.75) is 26.4 Å². The van der Waals surface area contributed by atoms with Gasteiger partial charge in [-0.15, -0.1) is 11.3 Å². The second-order valence-corrected chi connectivity index (χ2v) is 5.31. The second kappa shape index (κ2) is 7.14. The SMILES string of the molecule is CC(=O)Nc1nc(CCc2ccc(CON)cc2)cs1. The first-order chi connectivity index (χ1) is 9.67. The molecule has 3 N–H and O–H groups in total. The molecule has 0 fully saturated rings. The lowest BCUT2D eigenvalue weighted by Gasteiger charge is -2.02. The van der Waals surface area contributed by atoms with Crippen LogP contribution in [-0.2, 0) is 29.1 Å². The van der Waals surface area contributed by atoms with E-state index in [2.05, 4.69) is 27.3 Å². The molecular weight excluding hydrogens is 274 g/mol. The van der Waals surface area contributed by atoms with Gasteiger partial charge in [-0.05, 0) is 24.0 Å². The molecule has 0 unspecified atom stereocenters. The van der Waals surface area contributed by atoms with Crippen molar-refractivity contribution in [3.63, 3.8) is 0 Å². The Morgan fingerprint density at radius 1 is 1.30 bits per heavy atom. The number of rotatable bonds is 6. The summed E-state index contributed by atoms with van der Waals surface area (Å²) < 4.78 is 0. The summed E-state index contributed by atoms with van der Waals surface area (Å²) >= 11 is 1.45. The van der Waals surface area contributed by atoms with E-state index in [1.807, 2.05) is 17.5 Å². The topological polar surface area (TPSA) is 77.2 Å². The number of aryl methyl sites for hydroxylation is 2. The van der Waals surface area contributed by atoms with Gasteiger partial charge in [0.1, 0.15) is 0 Å². The molecule has 1 aromatic heterocycles. The van der Waals surface area contributed by atoms with Crippen LogP contribution in [-0.4, -0.2) is 10.9 Å². The third-order valence-corrected chi connectivity index (χ3v) is 3.58. The number of hydrogen-bond donors (Lipinski definition) is 2. The summed E-state index contributed by atoms with van der Waals surface area (Å²) in [6, 6.07) is 8.14. The molecule has 0 saturated heterocycles. The Morgan fingerprint density at radius 3 is 2.65 bits per heavy atom. The predicted molar refractivity (Wildman–Crippen MR) is 79.2 cm³/mol. The zero-order valence-electron chi connectivity index (χ0n) is 11.3. The van der Waals surface area contributed by atoms with Crippen molar-refractivity contribution in [3.05, 3.63) is 46.5 Å². The Hall–Kier alpha value is -1.76. The highest BCUT2D eigenvalue weighted by atomic mass is 32.1. The van der Waals surface area contributed by atoms with Gasteiger partial charge in [0.05, 0.1) is 12.3 Å². The van der Waals surface area contributed by atoms with E-state index in [1.165, 1.54) is 23.8 Å². The molecule has 2 aromatic rings. The van der Waals surface area contributed by atoms with E-state index < -0.39 is 0 Å².